The van der Waals surface area contributed by atoms with Crippen LogP contribution in [0.1, 0.15) is 12.5 Å². The van der Waals surface area contributed by atoms with Gasteiger partial charge in [-0.05, 0) is 31.2 Å². The van der Waals surface area contributed by atoms with E-state index in [0.717, 1.165) is 0 Å². The van der Waals surface area contributed by atoms with Gasteiger partial charge in [-0.25, -0.2) is 0 Å². The lowest BCUT2D eigenvalue weighted by molar-refractivity contribution is -0.139. The molecule has 0 spiro atoms. The summed E-state index contributed by atoms with van der Waals surface area (Å²) in [6.07, 6.45) is 0. The normalized spacial score (nSPS) is 11.3. The minimum Gasteiger partial charge on any atom is -0.480 e. The summed E-state index contributed by atoms with van der Waals surface area (Å²) < 4.78 is 0. The molecule has 0 radical (unpaired) electrons. The van der Waals surface area contributed by atoms with E-state index in [2.05, 4.69) is 10.6 Å². The van der Waals surface area contributed by atoms with Gasteiger partial charge in [0.1, 0.15) is 6.04 Å². The van der Waals surface area contributed by atoms with Crippen molar-refractivity contribution in [3.05, 3.63) is 29.8 Å². The predicted octanol–water partition coefficient (Wildman–Crippen LogP) is 0.559. The lowest BCUT2D eigenvalue weighted by Gasteiger charge is -2.09. The molecule has 1 aromatic carbocycles. The van der Waals surface area contributed by atoms with Crippen molar-refractivity contribution in [3.63, 3.8) is 0 Å². The first-order valence-electron chi connectivity index (χ1n) is 5.29. The van der Waals surface area contributed by atoms with Crippen molar-refractivity contribution in [1.29, 1.82) is 5.26 Å². The number of rotatable bonds is 5. The molecule has 0 saturated carbocycles. The van der Waals surface area contributed by atoms with E-state index in [1.807, 2.05) is 6.07 Å². The monoisotopic (exact) mass is 247 g/mol. The van der Waals surface area contributed by atoms with Gasteiger partial charge in [0.2, 0.25) is 5.91 Å². The lowest BCUT2D eigenvalue weighted by Crippen LogP contribution is -2.39. The van der Waals surface area contributed by atoms with E-state index in [4.69, 9.17) is 10.4 Å². The van der Waals surface area contributed by atoms with Crippen LogP contribution in [-0.4, -0.2) is 29.6 Å². The van der Waals surface area contributed by atoms with Gasteiger partial charge >= 0.3 is 5.97 Å². The molecule has 0 aliphatic carbocycles. The molecule has 0 fully saturated rings. The van der Waals surface area contributed by atoms with E-state index in [-0.39, 0.29) is 12.5 Å². The number of carbonyl (C=O) groups is 2. The number of hydrogen-bond donors (Lipinski definition) is 3. The molecule has 6 nitrogen and oxygen atoms in total. The molecule has 1 amide bonds. The Labute approximate surface area is 104 Å². The van der Waals surface area contributed by atoms with Crippen LogP contribution in [0.4, 0.5) is 5.69 Å². The zero-order valence-corrected chi connectivity index (χ0v) is 9.80. The molecular formula is C12H13N3O3. The van der Waals surface area contributed by atoms with E-state index in [1.165, 1.54) is 6.92 Å². The van der Waals surface area contributed by atoms with Crippen molar-refractivity contribution in [1.82, 2.24) is 5.32 Å². The Bertz CT molecular complexity index is 476. The highest BCUT2D eigenvalue weighted by Crippen LogP contribution is 2.08. The smallest absolute Gasteiger partial charge is 0.320 e. The maximum atomic E-state index is 11.5. The summed E-state index contributed by atoms with van der Waals surface area (Å²) in [5.74, 6) is -1.35. The Morgan fingerprint density at radius 2 is 2.00 bits per heavy atom. The molecule has 18 heavy (non-hydrogen) atoms. The predicted molar refractivity (Wildman–Crippen MR) is 64.9 cm³/mol. The Morgan fingerprint density at radius 1 is 1.39 bits per heavy atom. The molecule has 0 bridgehead atoms. The molecule has 1 rings (SSSR count). The first kappa shape index (κ1) is 13.7. The maximum absolute atomic E-state index is 11.5. The number of carbonyl (C=O) groups excluding carboxylic acids is 1. The average Bonchev–Trinajstić information content (AvgIpc) is 2.36. The highest BCUT2D eigenvalue weighted by molar-refractivity contribution is 5.92. The Balaban J connectivity index is 2.45. The number of benzene rings is 1. The minimum absolute atomic E-state index is 0.0898. The number of carboxylic acid groups (broad SMARTS) is 1. The summed E-state index contributed by atoms with van der Waals surface area (Å²) in [5, 5.41) is 22.4. The largest absolute Gasteiger partial charge is 0.480 e. The third kappa shape index (κ3) is 4.23. The van der Waals surface area contributed by atoms with E-state index in [1.54, 1.807) is 24.3 Å². The van der Waals surface area contributed by atoms with Crippen LogP contribution in [0.25, 0.3) is 0 Å². The summed E-state index contributed by atoms with van der Waals surface area (Å²) >= 11 is 0. The molecule has 0 aliphatic rings. The Morgan fingerprint density at radius 3 is 2.50 bits per heavy atom. The molecule has 0 heterocycles. The topological polar surface area (TPSA) is 102 Å². The summed E-state index contributed by atoms with van der Waals surface area (Å²) in [7, 11) is 0. The number of anilines is 1. The van der Waals surface area contributed by atoms with Crippen LogP contribution in [0.15, 0.2) is 24.3 Å². The highest BCUT2D eigenvalue weighted by Gasteiger charge is 2.11. The standard InChI is InChI=1S/C12H13N3O3/c1-8(12(17)18)14-7-11(16)15-10-4-2-9(6-13)3-5-10/h2-5,8,14H,7H2,1H3,(H,15,16)(H,17,18). The molecule has 6 heteroatoms. The fourth-order valence-corrected chi connectivity index (χ4v) is 1.17. The van der Waals surface area contributed by atoms with Gasteiger partial charge in [-0.1, -0.05) is 0 Å². The molecule has 1 atom stereocenters. The number of aliphatic carboxylic acids is 1. The highest BCUT2D eigenvalue weighted by atomic mass is 16.4. The second-order valence-electron chi connectivity index (χ2n) is 3.68. The summed E-state index contributed by atoms with van der Waals surface area (Å²) in [6.45, 7) is 1.37. The molecule has 0 aliphatic heterocycles. The zero-order valence-electron chi connectivity index (χ0n) is 9.80. The van der Waals surface area contributed by atoms with Gasteiger partial charge in [0.05, 0.1) is 18.2 Å². The number of nitriles is 1. The van der Waals surface area contributed by atoms with Gasteiger partial charge in [0, 0.05) is 5.69 Å². The van der Waals surface area contributed by atoms with Crippen LogP contribution in [0.5, 0.6) is 0 Å². The molecule has 94 valence electrons. The van der Waals surface area contributed by atoms with Crippen molar-refractivity contribution in [2.75, 3.05) is 11.9 Å². The van der Waals surface area contributed by atoms with Crippen LogP contribution >= 0.6 is 0 Å². The minimum atomic E-state index is -1.01. The van der Waals surface area contributed by atoms with E-state index in [9.17, 15) is 9.59 Å². The van der Waals surface area contributed by atoms with Gasteiger partial charge in [-0.15, -0.1) is 0 Å². The second kappa shape index (κ2) is 6.37. The van der Waals surface area contributed by atoms with Gasteiger partial charge in [0.15, 0.2) is 0 Å². The summed E-state index contributed by atoms with van der Waals surface area (Å²) in [6, 6.07) is 7.58. The molecule has 1 aromatic rings. The van der Waals surface area contributed by atoms with Crippen LogP contribution < -0.4 is 10.6 Å². The van der Waals surface area contributed by atoms with Crippen LogP contribution in [-0.2, 0) is 9.59 Å². The van der Waals surface area contributed by atoms with E-state index in [0.29, 0.717) is 11.3 Å². The van der Waals surface area contributed by atoms with E-state index < -0.39 is 12.0 Å². The molecule has 0 aromatic heterocycles. The Kier molecular flexibility index (Phi) is 4.84. The number of nitrogens with one attached hydrogen (secondary N) is 2. The van der Waals surface area contributed by atoms with Crippen molar-refractivity contribution in [3.8, 4) is 6.07 Å². The quantitative estimate of drug-likeness (QED) is 0.705. The van der Waals surface area contributed by atoms with Crippen molar-refractivity contribution >= 4 is 17.6 Å². The first-order chi connectivity index (χ1) is 8.52. The second-order valence-corrected chi connectivity index (χ2v) is 3.68. The van der Waals surface area contributed by atoms with Crippen LogP contribution in [0.2, 0.25) is 0 Å². The zero-order chi connectivity index (χ0) is 13.5. The number of hydrogen-bond acceptors (Lipinski definition) is 4. The Hall–Kier alpha value is -2.39. The number of amides is 1. The van der Waals surface area contributed by atoms with Gasteiger partial charge < -0.3 is 10.4 Å². The van der Waals surface area contributed by atoms with Crippen molar-refractivity contribution in [2.24, 2.45) is 0 Å². The summed E-state index contributed by atoms with van der Waals surface area (Å²) in [4.78, 5) is 22.0. The van der Waals surface area contributed by atoms with Gasteiger partial charge in [-0.3, -0.25) is 14.9 Å². The molecular weight excluding hydrogens is 234 g/mol. The van der Waals surface area contributed by atoms with Gasteiger partial charge in [-0.2, -0.15) is 5.26 Å². The third-order valence-corrected chi connectivity index (χ3v) is 2.24. The third-order valence-electron chi connectivity index (χ3n) is 2.24. The van der Waals surface area contributed by atoms with Crippen LogP contribution in [0, 0.1) is 11.3 Å². The number of nitrogens with zero attached hydrogens (tertiary/aromatic N) is 1. The number of carboxylic acids is 1. The van der Waals surface area contributed by atoms with E-state index >= 15 is 0 Å². The summed E-state index contributed by atoms with van der Waals surface area (Å²) in [5.41, 5.74) is 1.06. The van der Waals surface area contributed by atoms with Crippen molar-refractivity contribution < 1.29 is 14.7 Å². The van der Waals surface area contributed by atoms with Crippen molar-refractivity contribution in [2.45, 2.75) is 13.0 Å². The SMILES string of the molecule is CC(NCC(=O)Nc1ccc(C#N)cc1)C(=O)O. The molecule has 3 N–H and O–H groups in total. The van der Waals surface area contributed by atoms with Crippen LogP contribution in [0.3, 0.4) is 0 Å². The molecule has 1 unspecified atom stereocenters. The average molecular weight is 247 g/mol. The fourth-order valence-electron chi connectivity index (χ4n) is 1.17. The van der Waals surface area contributed by atoms with Gasteiger partial charge in [0.25, 0.3) is 0 Å². The fraction of sp³-hybridized carbons (Fsp3) is 0.250. The molecule has 0 saturated heterocycles. The maximum Gasteiger partial charge on any atom is 0.320 e. The lowest BCUT2D eigenvalue weighted by atomic mass is 10.2. The first-order valence-corrected chi connectivity index (χ1v) is 5.29.